The summed E-state index contributed by atoms with van der Waals surface area (Å²) >= 11 is 0. The van der Waals surface area contributed by atoms with Gasteiger partial charge in [0.1, 0.15) is 6.29 Å². The number of rotatable bonds is 4. The molecule has 1 saturated heterocycles. The molecule has 0 saturated carbocycles. The van der Waals surface area contributed by atoms with Gasteiger partial charge in [-0.1, -0.05) is 13.8 Å². The highest BCUT2D eigenvalue weighted by atomic mass is 16.5. The highest BCUT2D eigenvalue weighted by Crippen LogP contribution is 2.30. The fourth-order valence-electron chi connectivity index (χ4n) is 2.35. The number of nitrogens with zero attached hydrogens (tertiary/aromatic N) is 1. The van der Waals surface area contributed by atoms with E-state index in [0.717, 1.165) is 44.6 Å². The topological polar surface area (TPSA) is 29.5 Å². The Labute approximate surface area is 109 Å². The SMILES string of the molecule is CC[C@@H](C)c1cc(C=O)ccc1N1CCOCC1. The maximum Gasteiger partial charge on any atom is 0.150 e. The van der Waals surface area contributed by atoms with E-state index in [4.69, 9.17) is 4.74 Å². The van der Waals surface area contributed by atoms with Gasteiger partial charge < -0.3 is 9.64 Å². The van der Waals surface area contributed by atoms with Gasteiger partial charge in [-0.05, 0) is 36.1 Å². The molecule has 0 aliphatic carbocycles. The van der Waals surface area contributed by atoms with Crippen molar-refractivity contribution in [3.8, 4) is 0 Å². The molecule has 1 aliphatic heterocycles. The normalized spacial score (nSPS) is 17.6. The second-order valence-electron chi connectivity index (χ2n) is 4.84. The largest absolute Gasteiger partial charge is 0.378 e. The van der Waals surface area contributed by atoms with Crippen molar-refractivity contribution in [1.29, 1.82) is 0 Å². The molecule has 0 amide bonds. The molecule has 3 heteroatoms. The van der Waals surface area contributed by atoms with Crippen molar-refractivity contribution in [2.75, 3.05) is 31.2 Å². The number of aldehydes is 1. The van der Waals surface area contributed by atoms with E-state index in [9.17, 15) is 4.79 Å². The van der Waals surface area contributed by atoms with Crippen molar-refractivity contribution < 1.29 is 9.53 Å². The summed E-state index contributed by atoms with van der Waals surface area (Å²) in [6, 6.07) is 6.02. The van der Waals surface area contributed by atoms with E-state index in [2.05, 4.69) is 24.8 Å². The van der Waals surface area contributed by atoms with Crippen molar-refractivity contribution in [3.05, 3.63) is 29.3 Å². The molecule has 18 heavy (non-hydrogen) atoms. The maximum atomic E-state index is 10.9. The molecule has 1 aromatic carbocycles. The number of carbonyl (C=O) groups is 1. The number of anilines is 1. The summed E-state index contributed by atoms with van der Waals surface area (Å²) in [5.41, 5.74) is 3.31. The van der Waals surface area contributed by atoms with Gasteiger partial charge in [0.15, 0.2) is 0 Å². The Hall–Kier alpha value is -1.35. The monoisotopic (exact) mass is 247 g/mol. The summed E-state index contributed by atoms with van der Waals surface area (Å²) < 4.78 is 5.39. The molecule has 2 rings (SSSR count). The Balaban J connectivity index is 2.34. The highest BCUT2D eigenvalue weighted by molar-refractivity contribution is 5.77. The summed E-state index contributed by atoms with van der Waals surface area (Å²) in [6.45, 7) is 7.84. The van der Waals surface area contributed by atoms with E-state index in [1.54, 1.807) is 0 Å². The van der Waals surface area contributed by atoms with E-state index < -0.39 is 0 Å². The highest BCUT2D eigenvalue weighted by Gasteiger charge is 2.17. The van der Waals surface area contributed by atoms with E-state index in [1.807, 2.05) is 12.1 Å². The molecule has 1 atom stereocenters. The van der Waals surface area contributed by atoms with E-state index in [0.29, 0.717) is 5.92 Å². The van der Waals surface area contributed by atoms with Gasteiger partial charge in [-0.25, -0.2) is 0 Å². The predicted octanol–water partition coefficient (Wildman–Crippen LogP) is 2.85. The Bertz CT molecular complexity index is 411. The number of benzene rings is 1. The first-order valence-corrected chi connectivity index (χ1v) is 6.68. The number of carbonyl (C=O) groups excluding carboxylic acids is 1. The molecular formula is C15H21NO2. The summed E-state index contributed by atoms with van der Waals surface area (Å²) in [4.78, 5) is 13.3. The molecular weight excluding hydrogens is 226 g/mol. The molecule has 0 aromatic heterocycles. The number of morpholine rings is 1. The van der Waals surface area contributed by atoms with Crippen molar-refractivity contribution >= 4 is 12.0 Å². The lowest BCUT2D eigenvalue weighted by atomic mass is 9.94. The third kappa shape index (κ3) is 2.72. The molecule has 3 nitrogen and oxygen atoms in total. The summed E-state index contributed by atoms with van der Waals surface area (Å²) in [5, 5.41) is 0. The minimum atomic E-state index is 0.475. The Morgan fingerprint density at radius 2 is 2.11 bits per heavy atom. The van der Waals surface area contributed by atoms with Crippen LogP contribution >= 0.6 is 0 Å². The second-order valence-corrected chi connectivity index (χ2v) is 4.84. The summed E-state index contributed by atoms with van der Waals surface area (Å²) in [5.74, 6) is 0.475. The molecule has 0 spiro atoms. The molecule has 0 unspecified atom stereocenters. The van der Waals surface area contributed by atoms with Crippen LogP contribution in [0.2, 0.25) is 0 Å². The second kappa shape index (κ2) is 6.01. The fourth-order valence-corrected chi connectivity index (χ4v) is 2.35. The van der Waals surface area contributed by atoms with Crippen LogP contribution in [0.4, 0.5) is 5.69 Å². The molecule has 1 heterocycles. The minimum absolute atomic E-state index is 0.475. The predicted molar refractivity (Wildman–Crippen MR) is 73.6 cm³/mol. The third-order valence-electron chi connectivity index (χ3n) is 3.68. The van der Waals surface area contributed by atoms with Crippen molar-refractivity contribution in [1.82, 2.24) is 0 Å². The zero-order valence-corrected chi connectivity index (χ0v) is 11.2. The smallest absolute Gasteiger partial charge is 0.150 e. The van der Waals surface area contributed by atoms with Gasteiger partial charge in [-0.15, -0.1) is 0 Å². The average Bonchev–Trinajstić information content (AvgIpc) is 2.46. The van der Waals surface area contributed by atoms with Gasteiger partial charge in [0.05, 0.1) is 13.2 Å². The minimum Gasteiger partial charge on any atom is -0.378 e. The van der Waals surface area contributed by atoms with E-state index >= 15 is 0 Å². The first kappa shape index (κ1) is 13.1. The maximum absolute atomic E-state index is 10.9. The van der Waals surface area contributed by atoms with Crippen LogP contribution < -0.4 is 4.90 Å². The average molecular weight is 247 g/mol. The van der Waals surface area contributed by atoms with Crippen LogP contribution in [0.25, 0.3) is 0 Å². The Morgan fingerprint density at radius 1 is 1.39 bits per heavy atom. The van der Waals surface area contributed by atoms with Crippen LogP contribution in [0.5, 0.6) is 0 Å². The van der Waals surface area contributed by atoms with Crippen molar-refractivity contribution in [3.63, 3.8) is 0 Å². The molecule has 0 radical (unpaired) electrons. The Morgan fingerprint density at radius 3 is 2.72 bits per heavy atom. The van der Waals surface area contributed by atoms with Gasteiger partial charge >= 0.3 is 0 Å². The fraction of sp³-hybridized carbons (Fsp3) is 0.533. The van der Waals surface area contributed by atoms with Gasteiger partial charge in [0, 0.05) is 24.3 Å². The zero-order valence-electron chi connectivity index (χ0n) is 11.2. The van der Waals surface area contributed by atoms with Crippen LogP contribution in [0.1, 0.15) is 42.1 Å². The molecule has 98 valence electrons. The lowest BCUT2D eigenvalue weighted by Crippen LogP contribution is -2.36. The van der Waals surface area contributed by atoms with Crippen LogP contribution in [-0.4, -0.2) is 32.6 Å². The lowest BCUT2D eigenvalue weighted by Gasteiger charge is -2.32. The molecule has 1 aliphatic rings. The summed E-state index contributed by atoms with van der Waals surface area (Å²) in [6.07, 6.45) is 2.01. The summed E-state index contributed by atoms with van der Waals surface area (Å²) in [7, 11) is 0. The van der Waals surface area contributed by atoms with Crippen LogP contribution in [0.3, 0.4) is 0 Å². The number of ether oxygens (including phenoxy) is 1. The zero-order chi connectivity index (χ0) is 13.0. The quantitative estimate of drug-likeness (QED) is 0.766. The molecule has 0 N–H and O–H groups in total. The van der Waals surface area contributed by atoms with Crippen LogP contribution in [0, 0.1) is 0 Å². The Kier molecular flexibility index (Phi) is 4.37. The van der Waals surface area contributed by atoms with E-state index in [-0.39, 0.29) is 0 Å². The first-order chi connectivity index (χ1) is 8.76. The standard InChI is InChI=1S/C15H21NO2/c1-3-12(2)14-10-13(11-17)4-5-15(14)16-6-8-18-9-7-16/h4-5,10-12H,3,6-9H2,1-2H3/t12-/m1/s1. The molecule has 1 aromatic rings. The third-order valence-corrected chi connectivity index (χ3v) is 3.68. The lowest BCUT2D eigenvalue weighted by molar-refractivity contribution is 0.112. The first-order valence-electron chi connectivity index (χ1n) is 6.68. The molecule has 0 bridgehead atoms. The van der Waals surface area contributed by atoms with Crippen molar-refractivity contribution in [2.24, 2.45) is 0 Å². The van der Waals surface area contributed by atoms with Gasteiger partial charge in [0.2, 0.25) is 0 Å². The van der Waals surface area contributed by atoms with Crippen LogP contribution in [0.15, 0.2) is 18.2 Å². The molecule has 1 fully saturated rings. The van der Waals surface area contributed by atoms with Gasteiger partial charge in [0.25, 0.3) is 0 Å². The number of hydrogen-bond donors (Lipinski definition) is 0. The van der Waals surface area contributed by atoms with E-state index in [1.165, 1.54) is 11.3 Å². The van der Waals surface area contributed by atoms with Crippen molar-refractivity contribution in [2.45, 2.75) is 26.2 Å². The van der Waals surface area contributed by atoms with Gasteiger partial charge in [-0.2, -0.15) is 0 Å². The number of hydrogen-bond acceptors (Lipinski definition) is 3. The van der Waals surface area contributed by atoms with Crippen LogP contribution in [-0.2, 0) is 4.74 Å². The van der Waals surface area contributed by atoms with Gasteiger partial charge in [-0.3, -0.25) is 4.79 Å².